The highest BCUT2D eigenvalue weighted by Gasteiger charge is 2.18. The van der Waals surface area contributed by atoms with Crippen molar-refractivity contribution in [1.29, 1.82) is 5.41 Å². The average molecular weight is 368 g/mol. The van der Waals surface area contributed by atoms with Crippen molar-refractivity contribution in [2.24, 2.45) is 0 Å². The number of carbonyl (C=O) groups excluding carboxylic acids is 1. The lowest BCUT2D eigenvalue weighted by Crippen LogP contribution is -2.22. The van der Waals surface area contributed by atoms with E-state index in [2.05, 4.69) is 29.5 Å². The van der Waals surface area contributed by atoms with Gasteiger partial charge in [0.25, 0.3) is 0 Å². The normalized spacial score (nSPS) is 11.7. The van der Waals surface area contributed by atoms with E-state index < -0.39 is 14.0 Å². The van der Waals surface area contributed by atoms with Crippen LogP contribution in [0.15, 0.2) is 18.3 Å². The van der Waals surface area contributed by atoms with E-state index in [1.807, 2.05) is 0 Å². The minimum absolute atomic E-state index is 0.269. The molecule has 1 aromatic carbocycles. The lowest BCUT2D eigenvalue weighted by molar-refractivity contribution is -0.132. The first-order valence-corrected chi connectivity index (χ1v) is 11.7. The van der Waals surface area contributed by atoms with Gasteiger partial charge in [-0.3, -0.25) is 5.41 Å². The predicted octanol–water partition coefficient (Wildman–Crippen LogP) is 3.54. The number of nitrogens with zero attached hydrogens (tertiary/aromatic N) is 2. The number of carbonyl (C=O) groups is 1. The van der Waals surface area contributed by atoms with Crippen molar-refractivity contribution in [2.45, 2.75) is 32.4 Å². The molecule has 1 heterocycles. The molecular weight excluding hydrogens is 346 g/mol. The molecule has 8 heteroatoms. The fraction of sp³-hybridized carbons (Fsp3) is 0.438. The summed E-state index contributed by atoms with van der Waals surface area (Å²) in [6.45, 7) is 7.90. The number of fused-ring (bicyclic) bond motifs is 1. The van der Waals surface area contributed by atoms with E-state index >= 15 is 0 Å². The van der Waals surface area contributed by atoms with Crippen LogP contribution in [0.5, 0.6) is 0 Å². The van der Waals surface area contributed by atoms with Crippen LogP contribution >= 0.6 is 11.6 Å². The van der Waals surface area contributed by atoms with Crippen LogP contribution in [0.1, 0.15) is 5.56 Å². The SMILES string of the molecule is COC(=O)C(=N)c1cc(Cl)cc2cn(COCC[Si-](C)(C)C)nc12. The number of aromatic nitrogens is 2. The maximum atomic E-state index is 11.6. The summed E-state index contributed by atoms with van der Waals surface area (Å²) in [5.74, 6) is -0.723. The molecule has 131 valence electrons. The Kier molecular flexibility index (Phi) is 5.79. The molecule has 0 bridgehead atoms. The quantitative estimate of drug-likeness (QED) is 0.351. The van der Waals surface area contributed by atoms with Crippen molar-refractivity contribution in [3.63, 3.8) is 0 Å². The van der Waals surface area contributed by atoms with E-state index in [1.165, 1.54) is 7.11 Å². The lowest BCUT2D eigenvalue weighted by Gasteiger charge is -2.26. The molecule has 0 aliphatic rings. The van der Waals surface area contributed by atoms with Crippen LogP contribution in [0.3, 0.4) is 0 Å². The first-order chi connectivity index (χ1) is 11.2. The second-order valence-electron chi connectivity index (χ2n) is 6.77. The van der Waals surface area contributed by atoms with E-state index in [0.29, 0.717) is 29.4 Å². The zero-order valence-electron chi connectivity index (χ0n) is 14.4. The van der Waals surface area contributed by atoms with Gasteiger partial charge in [0, 0.05) is 28.8 Å². The molecule has 2 rings (SSSR count). The Hall–Kier alpha value is -1.70. The molecule has 0 saturated carbocycles. The van der Waals surface area contributed by atoms with Gasteiger partial charge >= 0.3 is 5.97 Å². The van der Waals surface area contributed by atoms with Gasteiger partial charge < -0.3 is 9.47 Å². The highest BCUT2D eigenvalue weighted by molar-refractivity contribution is 6.76. The summed E-state index contributed by atoms with van der Waals surface area (Å²) in [5, 5.41) is 13.6. The highest BCUT2D eigenvalue weighted by Crippen LogP contribution is 2.24. The number of esters is 1. The fourth-order valence-corrected chi connectivity index (χ4v) is 3.14. The van der Waals surface area contributed by atoms with Crippen LogP contribution < -0.4 is 0 Å². The Morgan fingerprint density at radius 2 is 2.08 bits per heavy atom. The molecule has 0 unspecified atom stereocenters. The Morgan fingerprint density at radius 1 is 1.38 bits per heavy atom. The molecule has 0 spiro atoms. The Balaban J connectivity index is 2.21. The number of rotatable bonds is 7. The summed E-state index contributed by atoms with van der Waals surface area (Å²) in [5.41, 5.74) is 0.615. The van der Waals surface area contributed by atoms with Crippen LogP contribution in [0.4, 0.5) is 0 Å². The second-order valence-corrected chi connectivity index (χ2v) is 12.8. The molecule has 0 atom stereocenters. The molecule has 6 nitrogen and oxygen atoms in total. The smallest absolute Gasteiger partial charge is 0.356 e. The summed E-state index contributed by atoms with van der Waals surface area (Å²) in [7, 11) is 0.113. The van der Waals surface area contributed by atoms with Gasteiger partial charge in [-0.15, -0.1) is 14.1 Å². The summed E-state index contributed by atoms with van der Waals surface area (Å²) in [4.78, 5) is 11.6. The van der Waals surface area contributed by atoms with Crippen LogP contribution in [0.2, 0.25) is 30.7 Å². The van der Waals surface area contributed by atoms with Crippen LogP contribution in [-0.4, -0.2) is 43.3 Å². The number of hydrogen-bond donors (Lipinski definition) is 1. The number of methoxy groups -OCH3 is 1. The minimum atomic E-state index is -1.13. The molecule has 0 amide bonds. The van der Waals surface area contributed by atoms with Crippen molar-refractivity contribution < 1.29 is 14.3 Å². The molecule has 0 radical (unpaired) electrons. The van der Waals surface area contributed by atoms with E-state index in [-0.39, 0.29) is 5.71 Å². The summed E-state index contributed by atoms with van der Waals surface area (Å²) >= 11 is 6.09. The minimum Gasteiger partial charge on any atom is -0.464 e. The van der Waals surface area contributed by atoms with Crippen LogP contribution in [0.25, 0.3) is 10.9 Å². The number of ether oxygens (including phenoxy) is 2. The van der Waals surface area contributed by atoms with Gasteiger partial charge in [-0.1, -0.05) is 11.6 Å². The lowest BCUT2D eigenvalue weighted by atomic mass is 10.1. The second kappa shape index (κ2) is 7.46. The molecule has 0 aliphatic heterocycles. The van der Waals surface area contributed by atoms with Crippen LogP contribution in [-0.2, 0) is 21.0 Å². The maximum Gasteiger partial charge on any atom is 0.356 e. The molecule has 0 saturated heterocycles. The third-order valence-corrected chi connectivity index (χ3v) is 5.42. The maximum absolute atomic E-state index is 11.6. The third kappa shape index (κ3) is 4.65. The molecule has 1 N–H and O–H groups in total. The van der Waals surface area contributed by atoms with Crippen LogP contribution in [0, 0.1) is 5.41 Å². The molecule has 24 heavy (non-hydrogen) atoms. The van der Waals surface area contributed by atoms with Gasteiger partial charge in [-0.2, -0.15) is 24.7 Å². The fourth-order valence-electron chi connectivity index (χ4n) is 2.15. The Labute approximate surface area is 147 Å². The topological polar surface area (TPSA) is 77.2 Å². The average Bonchev–Trinajstić information content (AvgIpc) is 2.90. The summed E-state index contributed by atoms with van der Waals surface area (Å²) < 4.78 is 11.9. The van der Waals surface area contributed by atoms with Crippen molar-refractivity contribution in [1.82, 2.24) is 9.78 Å². The Morgan fingerprint density at radius 3 is 2.71 bits per heavy atom. The third-order valence-electron chi connectivity index (χ3n) is 3.50. The number of benzene rings is 1. The molecular formula is C16H22ClN3O3Si-. The molecule has 2 aromatic rings. The van der Waals surface area contributed by atoms with Gasteiger partial charge in [-0.05, 0) is 12.1 Å². The summed E-state index contributed by atoms with van der Waals surface area (Å²) in [6, 6.07) is 4.38. The largest absolute Gasteiger partial charge is 0.464 e. The highest BCUT2D eigenvalue weighted by atomic mass is 35.5. The standard InChI is InChI=1S/C16H22ClN3O3Si/c1-22-16(21)14(18)13-8-12(17)7-11-9-20(19-15(11)13)10-23-5-6-24(2,3)4/h7-9,18H,5-6,10H2,1-4H3/q-1. The van der Waals surface area contributed by atoms with E-state index in [4.69, 9.17) is 21.7 Å². The van der Waals surface area contributed by atoms with Gasteiger partial charge in [0.05, 0.1) is 7.11 Å². The van der Waals surface area contributed by atoms with Crippen molar-refractivity contribution >= 4 is 42.3 Å². The molecule has 0 fully saturated rings. The van der Waals surface area contributed by atoms with Crippen molar-refractivity contribution in [3.05, 3.63) is 28.9 Å². The summed E-state index contributed by atoms with van der Waals surface area (Å²) in [6.07, 6.45) is 1.80. The van der Waals surface area contributed by atoms with Gasteiger partial charge in [-0.25, -0.2) is 9.48 Å². The zero-order valence-corrected chi connectivity index (χ0v) is 16.1. The molecule has 0 aliphatic carbocycles. The Bertz CT molecular complexity index is 768. The number of nitrogens with one attached hydrogen (secondary N) is 1. The van der Waals surface area contributed by atoms with Gasteiger partial charge in [0.15, 0.2) is 0 Å². The zero-order chi connectivity index (χ0) is 17.9. The molecule has 1 aromatic heterocycles. The number of halogens is 1. The monoisotopic (exact) mass is 367 g/mol. The number of hydrogen-bond acceptors (Lipinski definition) is 5. The van der Waals surface area contributed by atoms with Crippen molar-refractivity contribution in [3.8, 4) is 0 Å². The van der Waals surface area contributed by atoms with E-state index in [0.717, 1.165) is 11.4 Å². The predicted molar refractivity (Wildman–Crippen MR) is 97.7 cm³/mol. The van der Waals surface area contributed by atoms with E-state index in [9.17, 15) is 4.79 Å². The van der Waals surface area contributed by atoms with E-state index in [1.54, 1.807) is 23.0 Å². The van der Waals surface area contributed by atoms with Crippen molar-refractivity contribution in [2.75, 3.05) is 13.7 Å². The first-order valence-electron chi connectivity index (χ1n) is 7.63. The van der Waals surface area contributed by atoms with Gasteiger partial charge in [0.2, 0.25) is 0 Å². The van der Waals surface area contributed by atoms with Gasteiger partial charge in [0.1, 0.15) is 18.0 Å². The first kappa shape index (κ1) is 18.6.